The van der Waals surface area contributed by atoms with E-state index in [0.717, 1.165) is 39.2 Å². The summed E-state index contributed by atoms with van der Waals surface area (Å²) in [4.78, 5) is 16.9. The third-order valence-electron chi connectivity index (χ3n) is 5.44. The maximum Gasteiger partial charge on any atom is 0.229 e. The number of thiocarbonyl (C=S) groups is 1. The maximum atomic E-state index is 6.36. The van der Waals surface area contributed by atoms with E-state index in [1.807, 2.05) is 69.4 Å². The number of anilines is 2. The van der Waals surface area contributed by atoms with Crippen LogP contribution in [0, 0.1) is 20.8 Å². The van der Waals surface area contributed by atoms with E-state index in [1.165, 1.54) is 0 Å². The minimum atomic E-state index is 0.341. The highest BCUT2D eigenvalue weighted by molar-refractivity contribution is 7.80. The maximum absolute atomic E-state index is 6.36. The number of guanidine groups is 1. The van der Waals surface area contributed by atoms with E-state index in [0.29, 0.717) is 40.7 Å². The van der Waals surface area contributed by atoms with E-state index in [4.69, 9.17) is 33.5 Å². The number of rotatable bonds is 6. The number of methoxy groups -OCH3 is 1. The van der Waals surface area contributed by atoms with Gasteiger partial charge in [0.25, 0.3) is 0 Å². The first kappa shape index (κ1) is 25.4. The van der Waals surface area contributed by atoms with Crippen molar-refractivity contribution in [3.8, 4) is 5.75 Å². The number of H-pyrrole nitrogens is 1. The molecular formula is C26H28ClN7OS. The van der Waals surface area contributed by atoms with Crippen LogP contribution in [0.25, 0.3) is 10.9 Å². The first-order chi connectivity index (χ1) is 17.3. The van der Waals surface area contributed by atoms with Crippen molar-refractivity contribution in [1.29, 1.82) is 0 Å². The number of hydrogen-bond donors (Lipinski definition) is 4. The Morgan fingerprint density at radius 2 is 1.83 bits per heavy atom. The molecule has 0 radical (unpaired) electrons. The van der Waals surface area contributed by atoms with E-state index in [-0.39, 0.29) is 0 Å². The monoisotopic (exact) mass is 521 g/mol. The molecule has 10 heteroatoms. The summed E-state index contributed by atoms with van der Waals surface area (Å²) >= 11 is 11.9. The molecule has 0 bridgehead atoms. The summed E-state index contributed by atoms with van der Waals surface area (Å²) in [7, 11) is 1.66. The van der Waals surface area contributed by atoms with Crippen LogP contribution in [0.4, 0.5) is 11.6 Å². The molecule has 0 fully saturated rings. The number of fused-ring (bicyclic) bond motifs is 1. The second kappa shape index (κ2) is 11.4. The smallest absolute Gasteiger partial charge is 0.229 e. The van der Waals surface area contributed by atoms with E-state index in [2.05, 4.69) is 30.9 Å². The van der Waals surface area contributed by atoms with Crippen molar-refractivity contribution < 1.29 is 4.74 Å². The van der Waals surface area contributed by atoms with Gasteiger partial charge < -0.3 is 20.4 Å². The first-order valence-corrected chi connectivity index (χ1v) is 12.2. The zero-order valence-electron chi connectivity index (χ0n) is 20.6. The van der Waals surface area contributed by atoms with Crippen molar-refractivity contribution in [2.24, 2.45) is 4.99 Å². The molecule has 2 heterocycles. The summed E-state index contributed by atoms with van der Waals surface area (Å²) < 4.78 is 5.38. The highest BCUT2D eigenvalue weighted by atomic mass is 35.5. The molecule has 2 aromatic heterocycles. The van der Waals surface area contributed by atoms with Crippen molar-refractivity contribution in [2.45, 2.75) is 27.2 Å². The zero-order chi connectivity index (χ0) is 25.7. The van der Waals surface area contributed by atoms with Crippen molar-refractivity contribution in [3.63, 3.8) is 0 Å². The minimum absolute atomic E-state index is 0.341. The fourth-order valence-corrected chi connectivity index (χ4v) is 4.25. The van der Waals surface area contributed by atoms with Crippen LogP contribution in [-0.2, 0) is 6.42 Å². The Morgan fingerprint density at radius 1 is 1.06 bits per heavy atom. The van der Waals surface area contributed by atoms with Gasteiger partial charge in [-0.05, 0) is 86.9 Å². The average molecular weight is 522 g/mol. The van der Waals surface area contributed by atoms with Gasteiger partial charge in [-0.25, -0.2) is 9.97 Å². The third kappa shape index (κ3) is 6.50. The lowest BCUT2D eigenvalue weighted by molar-refractivity contribution is 0.415. The fourth-order valence-electron chi connectivity index (χ4n) is 3.76. The van der Waals surface area contributed by atoms with Crippen LogP contribution in [-0.4, -0.2) is 39.7 Å². The van der Waals surface area contributed by atoms with Gasteiger partial charge in [-0.3, -0.25) is 10.3 Å². The van der Waals surface area contributed by atoms with Crippen molar-refractivity contribution >= 4 is 57.4 Å². The Balaban J connectivity index is 1.52. The number of ether oxygens (including phenoxy) is 1. The van der Waals surface area contributed by atoms with Crippen LogP contribution in [0.3, 0.4) is 0 Å². The molecule has 0 aliphatic carbocycles. The average Bonchev–Trinajstić information content (AvgIpc) is 3.22. The van der Waals surface area contributed by atoms with Crippen LogP contribution in [0.1, 0.15) is 22.5 Å². The van der Waals surface area contributed by atoms with E-state index < -0.39 is 0 Å². The second-order valence-electron chi connectivity index (χ2n) is 8.37. The lowest BCUT2D eigenvalue weighted by atomic mass is 10.1. The Kier molecular flexibility index (Phi) is 8.02. The summed E-state index contributed by atoms with van der Waals surface area (Å²) in [6.45, 7) is 6.31. The molecule has 0 amide bonds. The lowest BCUT2D eigenvalue weighted by Crippen LogP contribution is -2.39. The van der Waals surface area contributed by atoms with Crippen LogP contribution in [0.5, 0.6) is 5.75 Å². The molecule has 0 spiro atoms. The lowest BCUT2D eigenvalue weighted by Gasteiger charge is -2.15. The number of nitrogens with one attached hydrogen (secondary N) is 4. The number of nitrogens with zero attached hydrogens (tertiary/aromatic N) is 3. The number of aliphatic imine (C=N–C) groups is 1. The number of aryl methyl sites for hydroxylation is 3. The highest BCUT2D eigenvalue weighted by Crippen LogP contribution is 2.24. The molecule has 4 aromatic rings. The Labute approximate surface area is 220 Å². The van der Waals surface area contributed by atoms with Crippen molar-refractivity contribution in [1.82, 2.24) is 20.3 Å². The van der Waals surface area contributed by atoms with Crippen LogP contribution in [0.15, 0.2) is 53.7 Å². The molecule has 2 aromatic carbocycles. The molecular weight excluding hydrogens is 494 g/mol. The van der Waals surface area contributed by atoms with E-state index in [9.17, 15) is 0 Å². The Morgan fingerprint density at radius 3 is 2.56 bits per heavy atom. The van der Waals surface area contributed by atoms with Crippen molar-refractivity contribution in [2.75, 3.05) is 24.3 Å². The van der Waals surface area contributed by atoms with Gasteiger partial charge >= 0.3 is 0 Å². The van der Waals surface area contributed by atoms with Crippen LogP contribution < -0.4 is 20.7 Å². The molecule has 0 saturated carbocycles. The predicted octanol–water partition coefficient (Wildman–Crippen LogP) is 5.54. The standard InChI is InChI=1S/C26H28ClN7OS/c1-15-5-7-23(21(27)11-15)32-26(36)34-24(33-25-30-16(2)12-17(3)31-25)28-10-9-18-14-29-22-8-6-19(35-4)13-20(18)22/h5-8,11-14,29H,9-10H2,1-4H3,(H3,28,30,31,32,33,34,36). The largest absolute Gasteiger partial charge is 0.497 e. The molecule has 36 heavy (non-hydrogen) atoms. The van der Waals surface area contributed by atoms with Gasteiger partial charge in [0.1, 0.15) is 5.75 Å². The topological polar surface area (TPSA) is 99.2 Å². The molecule has 4 N–H and O–H groups in total. The van der Waals surface area contributed by atoms with Gasteiger partial charge in [0.05, 0.1) is 17.8 Å². The zero-order valence-corrected chi connectivity index (χ0v) is 22.1. The van der Waals surface area contributed by atoms with Crippen molar-refractivity contribution in [3.05, 3.63) is 76.2 Å². The van der Waals surface area contributed by atoms with Gasteiger partial charge in [0.15, 0.2) is 5.11 Å². The second-order valence-corrected chi connectivity index (χ2v) is 9.18. The fraction of sp³-hybridized carbons (Fsp3) is 0.231. The van der Waals surface area contributed by atoms with E-state index in [1.54, 1.807) is 7.11 Å². The molecule has 0 saturated heterocycles. The molecule has 186 valence electrons. The molecule has 0 aliphatic rings. The summed E-state index contributed by atoms with van der Waals surface area (Å²) in [6, 6.07) is 13.6. The SMILES string of the molecule is COc1ccc2[nH]cc(CCN=C(NC(=S)Nc3ccc(C)cc3Cl)Nc3nc(C)cc(C)n3)c2c1. The highest BCUT2D eigenvalue weighted by Gasteiger charge is 2.10. The number of hydrogen-bond acceptors (Lipinski definition) is 5. The molecule has 0 atom stereocenters. The summed E-state index contributed by atoms with van der Waals surface area (Å²) in [5.41, 5.74) is 5.66. The number of benzene rings is 2. The van der Waals surface area contributed by atoms with Gasteiger partial charge in [-0.15, -0.1) is 0 Å². The van der Waals surface area contributed by atoms with Gasteiger partial charge in [0, 0.05) is 35.0 Å². The molecule has 0 aliphatic heterocycles. The molecule has 4 rings (SSSR count). The summed E-state index contributed by atoms with van der Waals surface area (Å²) in [5.74, 6) is 1.68. The van der Waals surface area contributed by atoms with E-state index >= 15 is 0 Å². The summed E-state index contributed by atoms with van der Waals surface area (Å²) in [5, 5.41) is 11.4. The normalized spacial score (nSPS) is 11.4. The van der Waals surface area contributed by atoms with Crippen LogP contribution in [0.2, 0.25) is 5.02 Å². The number of halogens is 1. The quantitative estimate of drug-likeness (QED) is 0.150. The molecule has 8 nitrogen and oxygen atoms in total. The predicted molar refractivity (Wildman–Crippen MR) is 152 cm³/mol. The Hall–Kier alpha value is -3.69. The number of aromatic amines is 1. The first-order valence-electron chi connectivity index (χ1n) is 11.4. The molecule has 0 unspecified atom stereocenters. The van der Waals surface area contributed by atoms with Crippen LogP contribution >= 0.6 is 23.8 Å². The number of aromatic nitrogens is 3. The third-order valence-corrected chi connectivity index (χ3v) is 5.96. The van der Waals surface area contributed by atoms with Gasteiger partial charge in [0.2, 0.25) is 11.9 Å². The van der Waals surface area contributed by atoms with Gasteiger partial charge in [-0.1, -0.05) is 17.7 Å². The summed E-state index contributed by atoms with van der Waals surface area (Å²) in [6.07, 6.45) is 2.70. The minimum Gasteiger partial charge on any atom is -0.497 e. The Bertz CT molecular complexity index is 1410. The van der Waals surface area contributed by atoms with Gasteiger partial charge in [-0.2, -0.15) is 0 Å².